The minimum absolute atomic E-state index is 0.107. The third-order valence-corrected chi connectivity index (χ3v) is 2.96. The third kappa shape index (κ3) is 3.51. The highest BCUT2D eigenvalue weighted by Crippen LogP contribution is 2.21. The molecule has 1 fully saturated rings. The van der Waals surface area contributed by atoms with Crippen molar-refractivity contribution in [3.05, 3.63) is 28.5 Å². The first kappa shape index (κ1) is 13.5. The van der Waals surface area contributed by atoms with Crippen molar-refractivity contribution in [2.75, 3.05) is 13.2 Å². The molecule has 1 N–H and O–H groups in total. The number of nitrogens with one attached hydrogen (secondary N) is 1. The van der Waals surface area contributed by atoms with E-state index in [9.17, 15) is 4.79 Å². The lowest BCUT2D eigenvalue weighted by Gasteiger charge is -2.17. The summed E-state index contributed by atoms with van der Waals surface area (Å²) < 4.78 is 11.8. The van der Waals surface area contributed by atoms with Crippen molar-refractivity contribution in [2.45, 2.75) is 25.7 Å². The summed E-state index contributed by atoms with van der Waals surface area (Å²) in [6.45, 7) is 4.62. The molecule has 98 valence electrons. The monoisotopic (exact) mass is 314 g/mol. The number of nitrogens with zero attached hydrogens (tertiary/aromatic N) is 1. The van der Waals surface area contributed by atoms with E-state index in [2.05, 4.69) is 26.2 Å². The molecule has 1 aromatic rings. The standard InChI is InChI=1S/C12H15BrN2O3/c1-12(2)17-7-10(18-12)6-15-11(16)8-3-9(13)5-14-4-8/h3-5,10H,6-7H2,1-2H3,(H,15,16). The van der Waals surface area contributed by atoms with Gasteiger partial charge in [0.15, 0.2) is 5.79 Å². The van der Waals surface area contributed by atoms with Crippen LogP contribution in [-0.4, -0.2) is 35.9 Å². The Kier molecular flexibility index (Phi) is 3.99. The van der Waals surface area contributed by atoms with Gasteiger partial charge in [-0.05, 0) is 35.8 Å². The second-order valence-corrected chi connectivity index (χ2v) is 5.47. The van der Waals surface area contributed by atoms with Crippen LogP contribution in [-0.2, 0) is 9.47 Å². The van der Waals surface area contributed by atoms with Gasteiger partial charge in [-0.25, -0.2) is 0 Å². The second kappa shape index (κ2) is 5.34. The summed E-state index contributed by atoms with van der Waals surface area (Å²) in [6.07, 6.45) is 3.05. The average molecular weight is 315 g/mol. The van der Waals surface area contributed by atoms with Crippen LogP contribution in [0, 0.1) is 0 Å². The topological polar surface area (TPSA) is 60.5 Å². The Morgan fingerprint density at radius 3 is 3.00 bits per heavy atom. The largest absolute Gasteiger partial charge is 0.349 e. The van der Waals surface area contributed by atoms with E-state index in [-0.39, 0.29) is 12.0 Å². The maximum atomic E-state index is 11.8. The van der Waals surface area contributed by atoms with Gasteiger partial charge in [0.1, 0.15) is 6.10 Å². The molecule has 1 unspecified atom stereocenters. The minimum atomic E-state index is -0.563. The summed E-state index contributed by atoms with van der Waals surface area (Å²) in [5.74, 6) is -0.732. The Morgan fingerprint density at radius 2 is 2.39 bits per heavy atom. The van der Waals surface area contributed by atoms with Gasteiger partial charge in [-0.1, -0.05) is 0 Å². The number of pyridine rings is 1. The maximum Gasteiger partial charge on any atom is 0.252 e. The Hall–Kier alpha value is -0.980. The number of carbonyl (C=O) groups excluding carboxylic acids is 1. The average Bonchev–Trinajstić information content (AvgIpc) is 2.66. The van der Waals surface area contributed by atoms with E-state index in [1.807, 2.05) is 13.8 Å². The molecule has 0 bridgehead atoms. The minimum Gasteiger partial charge on any atom is -0.349 e. The number of aromatic nitrogens is 1. The number of ether oxygens (including phenoxy) is 2. The lowest BCUT2D eigenvalue weighted by atomic mass is 10.2. The first-order chi connectivity index (χ1) is 8.46. The van der Waals surface area contributed by atoms with Crippen LogP contribution in [0.4, 0.5) is 0 Å². The number of halogens is 1. The summed E-state index contributed by atoms with van der Waals surface area (Å²) in [4.78, 5) is 15.8. The van der Waals surface area contributed by atoms with Crippen molar-refractivity contribution >= 4 is 21.8 Å². The van der Waals surface area contributed by atoms with E-state index in [1.165, 1.54) is 6.20 Å². The molecule has 18 heavy (non-hydrogen) atoms. The fourth-order valence-electron chi connectivity index (χ4n) is 1.71. The van der Waals surface area contributed by atoms with E-state index < -0.39 is 5.79 Å². The Bertz CT molecular complexity index is 451. The van der Waals surface area contributed by atoms with Crippen LogP contribution in [0.15, 0.2) is 22.9 Å². The lowest BCUT2D eigenvalue weighted by Crippen LogP contribution is -2.34. The summed E-state index contributed by atoms with van der Waals surface area (Å²) in [5, 5.41) is 2.80. The van der Waals surface area contributed by atoms with Gasteiger partial charge in [0, 0.05) is 23.4 Å². The highest BCUT2D eigenvalue weighted by molar-refractivity contribution is 9.10. The predicted octanol–water partition coefficient (Wildman–Crippen LogP) is 1.73. The van der Waals surface area contributed by atoms with Gasteiger partial charge in [0.2, 0.25) is 0 Å². The van der Waals surface area contributed by atoms with Crippen molar-refractivity contribution in [3.8, 4) is 0 Å². The van der Waals surface area contributed by atoms with E-state index in [0.717, 1.165) is 4.47 Å². The van der Waals surface area contributed by atoms with Crippen molar-refractivity contribution in [1.82, 2.24) is 10.3 Å². The molecule has 0 radical (unpaired) electrons. The van der Waals surface area contributed by atoms with Crippen LogP contribution in [0.25, 0.3) is 0 Å². The molecule has 6 heteroatoms. The molecular formula is C12H15BrN2O3. The number of carbonyl (C=O) groups is 1. The zero-order valence-electron chi connectivity index (χ0n) is 10.3. The number of hydrogen-bond acceptors (Lipinski definition) is 4. The Balaban J connectivity index is 1.86. The fraction of sp³-hybridized carbons (Fsp3) is 0.500. The number of rotatable bonds is 3. The molecule has 1 aromatic heterocycles. The van der Waals surface area contributed by atoms with Gasteiger partial charge in [-0.2, -0.15) is 0 Å². The van der Waals surface area contributed by atoms with E-state index in [4.69, 9.17) is 9.47 Å². The fourth-order valence-corrected chi connectivity index (χ4v) is 2.07. The maximum absolute atomic E-state index is 11.8. The summed E-state index contributed by atoms with van der Waals surface area (Å²) in [7, 11) is 0. The summed E-state index contributed by atoms with van der Waals surface area (Å²) >= 11 is 3.28. The zero-order valence-corrected chi connectivity index (χ0v) is 11.9. The van der Waals surface area contributed by atoms with Gasteiger partial charge >= 0.3 is 0 Å². The van der Waals surface area contributed by atoms with Gasteiger partial charge in [0.05, 0.1) is 12.2 Å². The molecule has 2 heterocycles. The molecule has 1 aliphatic heterocycles. The van der Waals surface area contributed by atoms with Gasteiger partial charge in [-0.15, -0.1) is 0 Å². The molecule has 1 saturated heterocycles. The first-order valence-corrected chi connectivity index (χ1v) is 6.46. The van der Waals surface area contributed by atoms with Crippen LogP contribution in [0.1, 0.15) is 24.2 Å². The van der Waals surface area contributed by atoms with Crippen molar-refractivity contribution in [1.29, 1.82) is 0 Å². The molecule has 2 rings (SSSR count). The lowest BCUT2D eigenvalue weighted by molar-refractivity contribution is -0.137. The SMILES string of the molecule is CC1(C)OCC(CNC(=O)c2cncc(Br)c2)O1. The van der Waals surface area contributed by atoms with Crippen LogP contribution in [0.3, 0.4) is 0 Å². The van der Waals surface area contributed by atoms with Crippen LogP contribution >= 0.6 is 15.9 Å². The number of hydrogen-bond donors (Lipinski definition) is 1. The molecule has 0 aromatic carbocycles. The van der Waals surface area contributed by atoms with E-state index in [0.29, 0.717) is 18.7 Å². The summed E-state index contributed by atoms with van der Waals surface area (Å²) in [5.41, 5.74) is 0.516. The normalized spacial score (nSPS) is 21.8. The molecule has 1 atom stereocenters. The molecular weight excluding hydrogens is 300 g/mol. The van der Waals surface area contributed by atoms with Crippen molar-refractivity contribution in [2.24, 2.45) is 0 Å². The van der Waals surface area contributed by atoms with Crippen molar-refractivity contribution < 1.29 is 14.3 Å². The molecule has 5 nitrogen and oxygen atoms in total. The van der Waals surface area contributed by atoms with Crippen LogP contribution < -0.4 is 5.32 Å². The Morgan fingerprint density at radius 1 is 1.61 bits per heavy atom. The smallest absolute Gasteiger partial charge is 0.252 e. The zero-order chi connectivity index (χ0) is 13.2. The molecule has 0 saturated carbocycles. The highest BCUT2D eigenvalue weighted by Gasteiger charge is 2.32. The molecule has 1 aliphatic rings. The number of amides is 1. The van der Waals surface area contributed by atoms with Crippen molar-refractivity contribution in [3.63, 3.8) is 0 Å². The van der Waals surface area contributed by atoms with E-state index >= 15 is 0 Å². The quantitative estimate of drug-likeness (QED) is 0.923. The molecule has 0 spiro atoms. The third-order valence-electron chi connectivity index (χ3n) is 2.52. The molecule has 1 amide bonds. The van der Waals surface area contributed by atoms with Gasteiger partial charge in [-0.3, -0.25) is 9.78 Å². The summed E-state index contributed by atoms with van der Waals surface area (Å²) in [6, 6.07) is 1.72. The van der Waals surface area contributed by atoms with E-state index in [1.54, 1.807) is 12.3 Å². The Labute approximate surface area is 114 Å². The second-order valence-electron chi connectivity index (χ2n) is 4.55. The van der Waals surface area contributed by atoms with Gasteiger partial charge < -0.3 is 14.8 Å². The highest BCUT2D eigenvalue weighted by atomic mass is 79.9. The first-order valence-electron chi connectivity index (χ1n) is 5.67. The predicted molar refractivity (Wildman–Crippen MR) is 69.2 cm³/mol. The van der Waals surface area contributed by atoms with Crippen LogP contribution in [0.5, 0.6) is 0 Å². The van der Waals surface area contributed by atoms with Crippen LogP contribution in [0.2, 0.25) is 0 Å². The van der Waals surface area contributed by atoms with Gasteiger partial charge in [0.25, 0.3) is 5.91 Å². The molecule has 0 aliphatic carbocycles.